The number of benzene rings is 2. The first-order valence-electron chi connectivity index (χ1n) is 11.9. The van der Waals surface area contributed by atoms with E-state index in [1.54, 1.807) is 0 Å². The fraction of sp³-hybridized carbons (Fsp3) is 0.481. The van der Waals surface area contributed by atoms with Crippen LogP contribution in [0.3, 0.4) is 0 Å². The van der Waals surface area contributed by atoms with E-state index in [9.17, 15) is 9.59 Å². The van der Waals surface area contributed by atoms with E-state index in [1.807, 2.05) is 37.3 Å². The van der Waals surface area contributed by atoms with Crippen LogP contribution in [0.4, 0.5) is 0 Å². The molecule has 0 saturated heterocycles. The number of carbonyl (C=O) groups is 2. The summed E-state index contributed by atoms with van der Waals surface area (Å²) in [5.41, 5.74) is 0.226. The maximum Gasteiger partial charge on any atom is 0.349 e. The van der Waals surface area contributed by atoms with Gasteiger partial charge in [0.15, 0.2) is 5.75 Å². The van der Waals surface area contributed by atoms with Gasteiger partial charge >= 0.3 is 11.9 Å². The minimum absolute atomic E-state index is 0.159. The summed E-state index contributed by atoms with van der Waals surface area (Å²) in [6.07, 6.45) is 11.6. The Kier molecular flexibility index (Phi) is 4.56. The van der Waals surface area contributed by atoms with E-state index in [0.717, 1.165) is 49.3 Å². The molecule has 4 atom stereocenters. The van der Waals surface area contributed by atoms with Gasteiger partial charge in [-0.1, -0.05) is 55.7 Å². The summed E-state index contributed by atoms with van der Waals surface area (Å²) in [5, 5.41) is 1.60. The summed E-state index contributed by atoms with van der Waals surface area (Å²) in [5.74, 6) is -0.327. The Balaban J connectivity index is 1.40. The molecule has 1 heterocycles. The summed E-state index contributed by atoms with van der Waals surface area (Å²) in [7, 11) is 0. The Labute approximate surface area is 187 Å². The van der Waals surface area contributed by atoms with E-state index < -0.39 is 11.8 Å². The molecule has 0 N–H and O–H groups in total. The highest BCUT2D eigenvalue weighted by Crippen LogP contribution is 2.48. The van der Waals surface area contributed by atoms with Gasteiger partial charge in [0.2, 0.25) is 0 Å². The van der Waals surface area contributed by atoms with Crippen LogP contribution in [0.25, 0.3) is 10.8 Å². The molecule has 0 aromatic heterocycles. The highest BCUT2D eigenvalue weighted by atomic mass is 16.7. The van der Waals surface area contributed by atoms with E-state index >= 15 is 0 Å². The van der Waals surface area contributed by atoms with Gasteiger partial charge in [-0.3, -0.25) is 4.79 Å². The van der Waals surface area contributed by atoms with Crippen molar-refractivity contribution in [1.82, 2.24) is 0 Å². The van der Waals surface area contributed by atoms with Crippen molar-refractivity contribution in [2.75, 3.05) is 0 Å². The number of carbonyl (C=O) groups excluding carboxylic acids is 2. The zero-order valence-corrected chi connectivity index (χ0v) is 18.3. The fourth-order valence-corrected chi connectivity index (χ4v) is 6.17. The number of cyclic esters (lactones) is 1. The lowest BCUT2D eigenvalue weighted by Gasteiger charge is -2.42. The van der Waals surface area contributed by atoms with E-state index in [4.69, 9.17) is 14.2 Å². The number of ether oxygens (including phenoxy) is 3. The van der Waals surface area contributed by atoms with E-state index in [1.165, 1.54) is 6.42 Å². The molecule has 6 rings (SSSR count). The number of hydrogen-bond acceptors (Lipinski definition) is 5. The van der Waals surface area contributed by atoms with Crippen LogP contribution < -0.4 is 9.47 Å². The van der Waals surface area contributed by atoms with Crippen molar-refractivity contribution in [1.29, 1.82) is 0 Å². The van der Waals surface area contributed by atoms with Gasteiger partial charge in [-0.15, -0.1) is 0 Å². The molecule has 2 fully saturated rings. The van der Waals surface area contributed by atoms with E-state index in [0.29, 0.717) is 11.7 Å². The summed E-state index contributed by atoms with van der Waals surface area (Å²) < 4.78 is 18.3. The van der Waals surface area contributed by atoms with Crippen LogP contribution in [0, 0.1) is 23.7 Å². The molecule has 5 nitrogen and oxygen atoms in total. The average Bonchev–Trinajstić information content (AvgIpc) is 3.43. The molecule has 166 valence electrons. The van der Waals surface area contributed by atoms with Crippen LogP contribution in [0.2, 0.25) is 0 Å². The van der Waals surface area contributed by atoms with Crippen LogP contribution in [0.15, 0.2) is 42.5 Å². The number of allylic oxidation sites excluding steroid dienone is 2. The summed E-state index contributed by atoms with van der Waals surface area (Å²) in [6.45, 7) is 1.87. The van der Waals surface area contributed by atoms with E-state index in [-0.39, 0.29) is 35.0 Å². The van der Waals surface area contributed by atoms with Crippen LogP contribution in [0.5, 0.6) is 11.5 Å². The molecule has 0 amide bonds. The lowest BCUT2D eigenvalue weighted by atomic mass is 9.83. The topological polar surface area (TPSA) is 61.8 Å². The van der Waals surface area contributed by atoms with Crippen LogP contribution >= 0.6 is 0 Å². The molecule has 4 unspecified atom stereocenters. The summed E-state index contributed by atoms with van der Waals surface area (Å²) in [6, 6.07) is 9.52. The maximum absolute atomic E-state index is 13.3. The lowest BCUT2D eigenvalue weighted by Crippen LogP contribution is -2.48. The van der Waals surface area contributed by atoms with Crippen molar-refractivity contribution in [2.45, 2.75) is 57.7 Å². The van der Waals surface area contributed by atoms with Crippen molar-refractivity contribution in [3.63, 3.8) is 0 Å². The van der Waals surface area contributed by atoms with Gasteiger partial charge in [-0.05, 0) is 49.0 Å². The van der Waals surface area contributed by atoms with Crippen molar-refractivity contribution >= 4 is 22.7 Å². The van der Waals surface area contributed by atoms with Crippen LogP contribution in [-0.2, 0) is 9.53 Å². The Hall–Kier alpha value is -2.82. The highest BCUT2D eigenvalue weighted by molar-refractivity contribution is 6.06. The number of fused-ring (bicyclic) bond motifs is 4. The first kappa shape index (κ1) is 19.8. The first-order valence-corrected chi connectivity index (χ1v) is 11.9. The lowest BCUT2D eigenvalue weighted by molar-refractivity contribution is -0.183. The monoisotopic (exact) mass is 432 g/mol. The predicted octanol–water partition coefficient (Wildman–Crippen LogP) is 5.80. The van der Waals surface area contributed by atoms with Gasteiger partial charge < -0.3 is 14.2 Å². The third kappa shape index (κ3) is 3.13. The van der Waals surface area contributed by atoms with E-state index in [2.05, 4.69) is 12.2 Å². The van der Waals surface area contributed by atoms with Crippen LogP contribution in [-0.4, -0.2) is 17.7 Å². The third-order valence-electron chi connectivity index (χ3n) is 7.91. The van der Waals surface area contributed by atoms with Crippen molar-refractivity contribution in [2.24, 2.45) is 23.7 Å². The molecule has 5 heteroatoms. The zero-order valence-electron chi connectivity index (χ0n) is 18.3. The standard InChI is InChI=1S/C27H28O5/c1-27(19-8-3-2-4-9-19)31-22-15-17-7-5-6-10-20(17)24(23(22)26(29)32-27)30-25(28)21-14-16-11-12-18(21)13-16/h5-7,10-12,15-16,18-19,21H,2-4,8-9,13-14H2,1H3. The van der Waals surface area contributed by atoms with Crippen LogP contribution in [0.1, 0.15) is 62.2 Å². The summed E-state index contributed by atoms with van der Waals surface area (Å²) >= 11 is 0. The van der Waals surface area contributed by atoms with Gasteiger partial charge in [-0.25, -0.2) is 4.79 Å². The smallest absolute Gasteiger partial charge is 0.349 e. The van der Waals surface area contributed by atoms with Crippen molar-refractivity contribution < 1.29 is 23.8 Å². The normalized spacial score (nSPS) is 31.3. The molecule has 32 heavy (non-hydrogen) atoms. The molecule has 2 saturated carbocycles. The van der Waals surface area contributed by atoms with Gasteiger partial charge in [0.1, 0.15) is 11.3 Å². The third-order valence-corrected chi connectivity index (χ3v) is 7.91. The first-order chi connectivity index (χ1) is 15.5. The second-order valence-corrected chi connectivity index (χ2v) is 9.95. The Bertz CT molecular complexity index is 1130. The molecular formula is C27H28O5. The highest BCUT2D eigenvalue weighted by Gasteiger charge is 2.47. The second kappa shape index (κ2) is 7.36. The molecule has 3 aliphatic carbocycles. The molecule has 1 aliphatic heterocycles. The Morgan fingerprint density at radius 1 is 1.06 bits per heavy atom. The van der Waals surface area contributed by atoms with Gasteiger partial charge in [0.05, 0.1) is 5.92 Å². The average molecular weight is 433 g/mol. The zero-order chi connectivity index (χ0) is 21.9. The molecule has 2 aromatic carbocycles. The number of rotatable bonds is 3. The number of hydrogen-bond donors (Lipinski definition) is 0. The Morgan fingerprint density at radius 3 is 2.62 bits per heavy atom. The second-order valence-electron chi connectivity index (χ2n) is 9.95. The molecule has 0 radical (unpaired) electrons. The minimum Gasteiger partial charge on any atom is -0.451 e. The maximum atomic E-state index is 13.3. The molecule has 2 bridgehead atoms. The van der Waals surface area contributed by atoms with Gasteiger partial charge in [-0.2, -0.15) is 0 Å². The molecule has 4 aliphatic rings. The minimum atomic E-state index is -0.996. The SMILES string of the molecule is CC1(C2CCCCC2)OC(=O)c2c(cc3ccccc3c2OC(=O)C2CC3C=CC2C3)O1. The van der Waals surface area contributed by atoms with Gasteiger partial charge in [0.25, 0.3) is 5.79 Å². The van der Waals surface area contributed by atoms with Gasteiger partial charge in [0, 0.05) is 18.2 Å². The molecule has 2 aromatic rings. The quantitative estimate of drug-likeness (QED) is 0.348. The Morgan fingerprint density at radius 2 is 1.88 bits per heavy atom. The largest absolute Gasteiger partial charge is 0.451 e. The molecular weight excluding hydrogens is 404 g/mol. The fourth-order valence-electron chi connectivity index (χ4n) is 6.17. The predicted molar refractivity (Wildman–Crippen MR) is 119 cm³/mol. The molecule has 0 spiro atoms. The number of esters is 2. The van der Waals surface area contributed by atoms with Crippen molar-refractivity contribution in [3.8, 4) is 11.5 Å². The summed E-state index contributed by atoms with van der Waals surface area (Å²) in [4.78, 5) is 26.5. The van der Waals surface area contributed by atoms with Crippen molar-refractivity contribution in [3.05, 3.63) is 48.0 Å².